The van der Waals surface area contributed by atoms with Crippen molar-refractivity contribution in [1.29, 1.82) is 0 Å². The van der Waals surface area contributed by atoms with Crippen LogP contribution in [0.1, 0.15) is 46.5 Å². The predicted molar refractivity (Wildman–Crippen MR) is 71.2 cm³/mol. The summed E-state index contributed by atoms with van der Waals surface area (Å²) in [4.78, 5) is 27.6. The number of amides is 2. The van der Waals surface area contributed by atoms with Crippen molar-refractivity contribution < 1.29 is 9.59 Å². The first kappa shape index (κ1) is 12.6. The minimum absolute atomic E-state index is 0.205. The van der Waals surface area contributed by atoms with E-state index in [1.54, 1.807) is 6.07 Å². The monoisotopic (exact) mass is 273 g/mol. The Balaban J connectivity index is 1.94. The lowest BCUT2D eigenvalue weighted by Crippen LogP contribution is -2.34. The zero-order chi connectivity index (χ0) is 14.1. The van der Waals surface area contributed by atoms with Gasteiger partial charge >= 0.3 is 0 Å². The van der Waals surface area contributed by atoms with Crippen LogP contribution in [-0.2, 0) is 0 Å². The van der Waals surface area contributed by atoms with E-state index in [4.69, 9.17) is 5.73 Å². The van der Waals surface area contributed by atoms with E-state index in [1.807, 2.05) is 0 Å². The van der Waals surface area contributed by atoms with E-state index in [0.717, 1.165) is 25.7 Å². The van der Waals surface area contributed by atoms with Gasteiger partial charge in [-0.25, -0.2) is 9.50 Å². The molecule has 3 N–H and O–H groups in total. The van der Waals surface area contributed by atoms with Crippen molar-refractivity contribution in [2.75, 3.05) is 0 Å². The van der Waals surface area contributed by atoms with Crippen LogP contribution in [0.5, 0.6) is 0 Å². The van der Waals surface area contributed by atoms with E-state index in [2.05, 4.69) is 15.4 Å². The Bertz CT molecular complexity index is 672. The number of carbonyl (C=O) groups is 2. The number of primary amides is 1. The molecule has 7 heteroatoms. The highest BCUT2D eigenvalue weighted by Crippen LogP contribution is 2.18. The highest BCUT2D eigenvalue weighted by molar-refractivity contribution is 5.99. The Kier molecular flexibility index (Phi) is 3.09. The third-order valence-electron chi connectivity index (χ3n) is 3.59. The molecule has 3 rings (SSSR count). The fourth-order valence-corrected chi connectivity index (χ4v) is 2.57. The SMILES string of the molecule is NC(=O)c1cnn2c(C(=O)NC3CCCC3)ccnc12. The molecule has 2 aromatic rings. The van der Waals surface area contributed by atoms with E-state index in [0.29, 0.717) is 11.3 Å². The van der Waals surface area contributed by atoms with Crippen molar-refractivity contribution in [3.63, 3.8) is 0 Å². The van der Waals surface area contributed by atoms with E-state index >= 15 is 0 Å². The highest BCUT2D eigenvalue weighted by atomic mass is 16.2. The van der Waals surface area contributed by atoms with Crippen LogP contribution in [0.25, 0.3) is 5.65 Å². The number of nitrogens with two attached hydrogens (primary N) is 1. The predicted octanol–water partition coefficient (Wildman–Crippen LogP) is 0.501. The van der Waals surface area contributed by atoms with E-state index in [1.165, 1.54) is 16.9 Å². The average molecular weight is 273 g/mol. The number of rotatable bonds is 3. The molecule has 7 nitrogen and oxygen atoms in total. The number of aromatic nitrogens is 3. The van der Waals surface area contributed by atoms with Crippen LogP contribution in [0, 0.1) is 0 Å². The van der Waals surface area contributed by atoms with Crippen molar-refractivity contribution in [3.05, 3.63) is 29.7 Å². The molecule has 2 aromatic heterocycles. The Labute approximate surface area is 115 Å². The number of fused-ring (bicyclic) bond motifs is 1. The van der Waals surface area contributed by atoms with Gasteiger partial charge in [-0.3, -0.25) is 9.59 Å². The molecule has 0 atom stereocenters. The summed E-state index contributed by atoms with van der Waals surface area (Å²) in [6.07, 6.45) is 7.11. The molecule has 0 radical (unpaired) electrons. The third-order valence-corrected chi connectivity index (χ3v) is 3.59. The molecule has 1 aliphatic carbocycles. The highest BCUT2D eigenvalue weighted by Gasteiger charge is 2.21. The summed E-state index contributed by atoms with van der Waals surface area (Å²) in [5.41, 5.74) is 6.12. The van der Waals surface area contributed by atoms with Crippen LogP contribution in [0.15, 0.2) is 18.5 Å². The summed E-state index contributed by atoms with van der Waals surface area (Å²) in [6.45, 7) is 0. The summed E-state index contributed by atoms with van der Waals surface area (Å²) < 4.78 is 1.35. The minimum Gasteiger partial charge on any atom is -0.365 e. The number of hydrogen-bond acceptors (Lipinski definition) is 4. The first-order chi connectivity index (χ1) is 9.66. The fraction of sp³-hybridized carbons (Fsp3) is 0.385. The first-order valence-corrected chi connectivity index (χ1v) is 6.60. The Morgan fingerprint density at radius 2 is 2.10 bits per heavy atom. The molecule has 0 saturated heterocycles. The Hall–Kier alpha value is -2.44. The molecule has 20 heavy (non-hydrogen) atoms. The average Bonchev–Trinajstić information content (AvgIpc) is 3.06. The van der Waals surface area contributed by atoms with Gasteiger partial charge in [-0.15, -0.1) is 0 Å². The normalized spacial score (nSPS) is 15.6. The second-order valence-electron chi connectivity index (χ2n) is 4.94. The van der Waals surface area contributed by atoms with E-state index in [-0.39, 0.29) is 17.5 Å². The third kappa shape index (κ3) is 2.11. The lowest BCUT2D eigenvalue weighted by Gasteiger charge is -2.12. The van der Waals surface area contributed by atoms with Gasteiger partial charge in [0, 0.05) is 12.2 Å². The van der Waals surface area contributed by atoms with Crippen molar-refractivity contribution in [2.24, 2.45) is 5.73 Å². The van der Waals surface area contributed by atoms with Gasteiger partial charge in [-0.2, -0.15) is 5.10 Å². The number of hydrogen-bond donors (Lipinski definition) is 2. The largest absolute Gasteiger partial charge is 0.365 e. The van der Waals surface area contributed by atoms with Crippen LogP contribution in [0.3, 0.4) is 0 Å². The van der Waals surface area contributed by atoms with Gasteiger partial charge in [0.05, 0.1) is 6.20 Å². The van der Waals surface area contributed by atoms with Crippen LogP contribution < -0.4 is 11.1 Å². The summed E-state index contributed by atoms with van der Waals surface area (Å²) in [5.74, 6) is -0.815. The zero-order valence-electron chi connectivity index (χ0n) is 10.9. The van der Waals surface area contributed by atoms with E-state index < -0.39 is 5.91 Å². The molecule has 1 fully saturated rings. The molecule has 0 aromatic carbocycles. The molecule has 1 aliphatic rings. The summed E-state index contributed by atoms with van der Waals surface area (Å²) in [5, 5.41) is 7.01. The maximum absolute atomic E-state index is 12.3. The van der Waals surface area contributed by atoms with E-state index in [9.17, 15) is 9.59 Å². The van der Waals surface area contributed by atoms with Gasteiger partial charge in [0.1, 0.15) is 11.3 Å². The molecule has 0 spiro atoms. The minimum atomic E-state index is -0.610. The van der Waals surface area contributed by atoms with Gasteiger partial charge in [0.25, 0.3) is 11.8 Å². The van der Waals surface area contributed by atoms with Gasteiger partial charge in [-0.1, -0.05) is 12.8 Å². The van der Waals surface area contributed by atoms with Crippen molar-refractivity contribution in [2.45, 2.75) is 31.7 Å². The second kappa shape index (κ2) is 4.92. The molecule has 2 amide bonds. The first-order valence-electron chi connectivity index (χ1n) is 6.60. The number of carbonyl (C=O) groups excluding carboxylic acids is 2. The standard InChI is InChI=1S/C13H15N5O2/c14-11(19)9-7-16-18-10(5-6-15-12(9)18)13(20)17-8-3-1-2-4-8/h5-8H,1-4H2,(H2,14,19)(H,17,20). The van der Waals surface area contributed by atoms with Crippen molar-refractivity contribution >= 4 is 17.5 Å². The Morgan fingerprint density at radius 1 is 1.35 bits per heavy atom. The van der Waals surface area contributed by atoms with Crippen LogP contribution >= 0.6 is 0 Å². The fourth-order valence-electron chi connectivity index (χ4n) is 2.57. The van der Waals surface area contributed by atoms with Gasteiger partial charge < -0.3 is 11.1 Å². The topological polar surface area (TPSA) is 102 Å². The molecule has 0 bridgehead atoms. The number of nitrogens with zero attached hydrogens (tertiary/aromatic N) is 3. The molecule has 2 heterocycles. The van der Waals surface area contributed by atoms with Gasteiger partial charge in [0.2, 0.25) is 0 Å². The molecule has 0 aliphatic heterocycles. The van der Waals surface area contributed by atoms with Gasteiger partial charge in [-0.05, 0) is 18.9 Å². The lowest BCUT2D eigenvalue weighted by atomic mass is 10.2. The molecule has 0 unspecified atom stereocenters. The van der Waals surface area contributed by atoms with Gasteiger partial charge in [0.15, 0.2) is 5.65 Å². The maximum Gasteiger partial charge on any atom is 0.270 e. The quantitative estimate of drug-likeness (QED) is 0.850. The van der Waals surface area contributed by atoms with Crippen molar-refractivity contribution in [3.8, 4) is 0 Å². The summed E-state index contributed by atoms with van der Waals surface area (Å²) >= 11 is 0. The van der Waals surface area contributed by atoms with Crippen LogP contribution in [0.4, 0.5) is 0 Å². The summed E-state index contributed by atoms with van der Waals surface area (Å²) in [7, 11) is 0. The van der Waals surface area contributed by atoms with Crippen LogP contribution in [0.2, 0.25) is 0 Å². The molecular weight excluding hydrogens is 258 g/mol. The number of nitrogens with one attached hydrogen (secondary N) is 1. The van der Waals surface area contributed by atoms with Crippen LogP contribution in [-0.4, -0.2) is 32.5 Å². The molecule has 104 valence electrons. The smallest absolute Gasteiger partial charge is 0.270 e. The molecule has 1 saturated carbocycles. The Morgan fingerprint density at radius 3 is 2.80 bits per heavy atom. The maximum atomic E-state index is 12.3. The molecular formula is C13H15N5O2. The summed E-state index contributed by atoms with van der Waals surface area (Å²) in [6, 6.07) is 1.80. The zero-order valence-corrected chi connectivity index (χ0v) is 10.9. The second-order valence-corrected chi connectivity index (χ2v) is 4.94. The lowest BCUT2D eigenvalue weighted by molar-refractivity contribution is 0.0928. The van der Waals surface area contributed by atoms with Crippen molar-refractivity contribution in [1.82, 2.24) is 19.9 Å².